The largest absolute Gasteiger partial charge is 0.397 e. The monoisotopic (exact) mass is 361 g/mol. The second kappa shape index (κ2) is 5.46. The molecule has 0 unspecified atom stereocenters. The number of nitrogens with zero attached hydrogens (tertiary/aromatic N) is 1. The summed E-state index contributed by atoms with van der Waals surface area (Å²) in [6.45, 7) is 1.97. The fraction of sp³-hybridized carbons (Fsp3) is 0.0667. The number of amides is 1. The Balaban J connectivity index is 1.97. The number of nitrogens with one attached hydrogen (secondary N) is 1. The second-order valence-corrected chi connectivity index (χ2v) is 6.38. The summed E-state index contributed by atoms with van der Waals surface area (Å²) in [5.74, 6) is -0.221. The smallest absolute Gasteiger partial charge is 0.267 e. The first-order valence-electron chi connectivity index (χ1n) is 6.27. The van der Waals surface area contributed by atoms with E-state index in [1.807, 2.05) is 37.3 Å². The van der Waals surface area contributed by atoms with Crippen molar-refractivity contribution in [3.05, 3.63) is 51.4 Å². The Morgan fingerprint density at radius 2 is 2.14 bits per heavy atom. The van der Waals surface area contributed by atoms with Gasteiger partial charge in [-0.15, -0.1) is 11.3 Å². The lowest BCUT2D eigenvalue weighted by atomic mass is 10.2. The maximum Gasteiger partial charge on any atom is 0.267 e. The number of nitrogens with two attached hydrogens (primary N) is 1. The number of hydrogen-bond acceptors (Lipinski definition) is 4. The molecule has 0 aliphatic heterocycles. The molecule has 3 rings (SSSR count). The third kappa shape index (κ3) is 2.52. The number of benzene rings is 1. The number of carbonyl (C=O) groups excluding carboxylic acids is 1. The van der Waals surface area contributed by atoms with Gasteiger partial charge in [0.2, 0.25) is 0 Å². The number of hydrogen-bond donors (Lipinski definition) is 2. The average molecular weight is 362 g/mol. The molecular formula is C15H12BrN3OS. The SMILES string of the molecule is Cc1cccc(NC(=O)c2sc3ncccc3c2N)c1Br. The van der Waals surface area contributed by atoms with E-state index in [0.29, 0.717) is 10.6 Å². The Bertz CT molecular complexity index is 844. The average Bonchev–Trinajstić information content (AvgIpc) is 2.82. The van der Waals surface area contributed by atoms with Crippen molar-refractivity contribution in [3.63, 3.8) is 0 Å². The van der Waals surface area contributed by atoms with Crippen molar-refractivity contribution < 1.29 is 4.79 Å². The molecule has 2 heterocycles. The molecule has 0 aliphatic carbocycles. The van der Waals surface area contributed by atoms with Crippen molar-refractivity contribution in [1.29, 1.82) is 0 Å². The van der Waals surface area contributed by atoms with Crippen molar-refractivity contribution in [2.24, 2.45) is 0 Å². The van der Waals surface area contributed by atoms with E-state index >= 15 is 0 Å². The number of anilines is 2. The van der Waals surface area contributed by atoms with Gasteiger partial charge >= 0.3 is 0 Å². The number of nitrogen functional groups attached to an aromatic ring is 1. The quantitative estimate of drug-likeness (QED) is 0.718. The minimum atomic E-state index is -0.221. The van der Waals surface area contributed by atoms with Gasteiger partial charge in [0.1, 0.15) is 9.71 Å². The molecule has 0 radical (unpaired) electrons. The van der Waals surface area contributed by atoms with Crippen molar-refractivity contribution >= 4 is 54.8 Å². The highest BCUT2D eigenvalue weighted by Crippen LogP contribution is 2.33. The molecule has 0 atom stereocenters. The van der Waals surface area contributed by atoms with Crippen LogP contribution in [0, 0.1) is 6.92 Å². The molecule has 0 fully saturated rings. The van der Waals surface area contributed by atoms with Gasteiger partial charge in [-0.2, -0.15) is 0 Å². The second-order valence-electron chi connectivity index (χ2n) is 4.59. The van der Waals surface area contributed by atoms with Crippen LogP contribution in [0.5, 0.6) is 0 Å². The van der Waals surface area contributed by atoms with Crippen LogP contribution < -0.4 is 11.1 Å². The zero-order valence-electron chi connectivity index (χ0n) is 11.2. The molecule has 0 aliphatic rings. The van der Waals surface area contributed by atoms with E-state index in [4.69, 9.17) is 5.73 Å². The first-order valence-corrected chi connectivity index (χ1v) is 7.88. The third-order valence-electron chi connectivity index (χ3n) is 3.15. The molecule has 0 saturated carbocycles. The summed E-state index contributed by atoms with van der Waals surface area (Å²) in [7, 11) is 0. The summed E-state index contributed by atoms with van der Waals surface area (Å²) in [5.41, 5.74) is 8.32. The Kier molecular flexibility index (Phi) is 3.65. The van der Waals surface area contributed by atoms with Crippen LogP contribution in [0.2, 0.25) is 0 Å². The van der Waals surface area contributed by atoms with Crippen LogP contribution >= 0.6 is 27.3 Å². The molecule has 3 N–H and O–H groups in total. The van der Waals surface area contributed by atoms with Crippen molar-refractivity contribution in [2.45, 2.75) is 6.92 Å². The summed E-state index contributed by atoms with van der Waals surface area (Å²) < 4.78 is 0.871. The van der Waals surface area contributed by atoms with Crippen molar-refractivity contribution in [2.75, 3.05) is 11.1 Å². The van der Waals surface area contributed by atoms with E-state index in [9.17, 15) is 4.79 Å². The summed E-state index contributed by atoms with van der Waals surface area (Å²) >= 11 is 4.78. The predicted octanol–water partition coefficient (Wildman–Crippen LogP) is 4.20. The molecular weight excluding hydrogens is 350 g/mol. The van der Waals surface area contributed by atoms with Crippen molar-refractivity contribution in [1.82, 2.24) is 4.98 Å². The van der Waals surface area contributed by atoms with Crippen molar-refractivity contribution in [3.8, 4) is 0 Å². The molecule has 1 amide bonds. The number of aryl methyl sites for hydroxylation is 1. The Hall–Kier alpha value is -1.92. The lowest BCUT2D eigenvalue weighted by Gasteiger charge is -2.08. The molecule has 6 heteroatoms. The number of rotatable bonds is 2. The van der Waals surface area contributed by atoms with E-state index < -0.39 is 0 Å². The van der Waals surface area contributed by atoms with Gasteiger partial charge in [-0.05, 0) is 46.6 Å². The van der Waals surface area contributed by atoms with Crippen LogP contribution in [0.15, 0.2) is 41.0 Å². The minimum Gasteiger partial charge on any atom is -0.397 e. The third-order valence-corrected chi connectivity index (χ3v) is 5.33. The summed E-state index contributed by atoms with van der Waals surface area (Å²) in [6, 6.07) is 9.39. The highest BCUT2D eigenvalue weighted by atomic mass is 79.9. The molecule has 21 heavy (non-hydrogen) atoms. The fourth-order valence-corrected chi connectivity index (χ4v) is 3.36. The zero-order chi connectivity index (χ0) is 15.0. The fourth-order valence-electron chi connectivity index (χ4n) is 2.04. The molecule has 2 aromatic heterocycles. The Labute approximate surface area is 134 Å². The predicted molar refractivity (Wildman–Crippen MR) is 90.9 cm³/mol. The van der Waals surface area contributed by atoms with Gasteiger partial charge in [-0.25, -0.2) is 4.98 Å². The van der Waals surface area contributed by atoms with Gasteiger partial charge in [0.15, 0.2) is 0 Å². The van der Waals surface area contributed by atoms with Gasteiger partial charge in [-0.3, -0.25) is 4.79 Å². The number of aromatic nitrogens is 1. The van der Waals surface area contributed by atoms with Gasteiger partial charge < -0.3 is 11.1 Å². The van der Waals surface area contributed by atoms with Crippen LogP contribution in [-0.4, -0.2) is 10.9 Å². The lowest BCUT2D eigenvalue weighted by Crippen LogP contribution is -2.12. The number of thiophene rings is 1. The van der Waals surface area contributed by atoms with Crippen LogP contribution in [0.1, 0.15) is 15.2 Å². The minimum absolute atomic E-state index is 0.221. The molecule has 3 aromatic rings. The first kappa shape index (κ1) is 14.0. The van der Waals surface area contributed by atoms with E-state index in [0.717, 1.165) is 25.9 Å². The van der Waals surface area contributed by atoms with Gasteiger partial charge in [0, 0.05) is 16.1 Å². The maximum atomic E-state index is 12.4. The van der Waals surface area contributed by atoms with Gasteiger partial charge in [0.25, 0.3) is 5.91 Å². The lowest BCUT2D eigenvalue weighted by molar-refractivity contribution is 0.103. The van der Waals surface area contributed by atoms with Gasteiger partial charge in [0.05, 0.1) is 11.4 Å². The van der Waals surface area contributed by atoms with E-state index in [2.05, 4.69) is 26.2 Å². The normalized spacial score (nSPS) is 10.8. The molecule has 0 saturated heterocycles. The maximum absolute atomic E-state index is 12.4. The molecule has 4 nitrogen and oxygen atoms in total. The summed E-state index contributed by atoms with van der Waals surface area (Å²) in [4.78, 5) is 17.9. The van der Waals surface area contributed by atoms with Crippen LogP contribution in [0.25, 0.3) is 10.2 Å². The topological polar surface area (TPSA) is 68.0 Å². The highest BCUT2D eigenvalue weighted by Gasteiger charge is 2.17. The number of fused-ring (bicyclic) bond motifs is 1. The highest BCUT2D eigenvalue weighted by molar-refractivity contribution is 9.10. The molecule has 1 aromatic carbocycles. The standard InChI is InChI=1S/C15H12BrN3OS/c1-8-4-2-6-10(11(8)16)19-14(20)13-12(17)9-5-3-7-18-15(9)21-13/h2-7H,17H2,1H3,(H,19,20). The van der Waals surface area contributed by atoms with Crippen LogP contribution in [-0.2, 0) is 0 Å². The molecule has 0 bridgehead atoms. The Morgan fingerprint density at radius 3 is 2.90 bits per heavy atom. The zero-order valence-corrected chi connectivity index (χ0v) is 13.6. The Morgan fingerprint density at radius 1 is 1.33 bits per heavy atom. The number of pyridine rings is 1. The molecule has 0 spiro atoms. The molecule has 106 valence electrons. The first-order chi connectivity index (χ1) is 10.1. The van der Waals surface area contributed by atoms with Crippen LogP contribution in [0.3, 0.4) is 0 Å². The summed E-state index contributed by atoms with van der Waals surface area (Å²) in [5, 5.41) is 3.70. The van der Waals surface area contributed by atoms with Crippen LogP contribution in [0.4, 0.5) is 11.4 Å². The van der Waals surface area contributed by atoms with E-state index in [1.165, 1.54) is 11.3 Å². The summed E-state index contributed by atoms with van der Waals surface area (Å²) in [6.07, 6.45) is 1.69. The number of carbonyl (C=O) groups is 1. The number of halogens is 1. The van der Waals surface area contributed by atoms with Gasteiger partial charge in [-0.1, -0.05) is 12.1 Å². The van der Waals surface area contributed by atoms with E-state index in [-0.39, 0.29) is 5.91 Å². The van der Waals surface area contributed by atoms with E-state index in [1.54, 1.807) is 6.20 Å².